The van der Waals surface area contributed by atoms with E-state index in [1.165, 1.54) is 12.1 Å². The highest BCUT2D eigenvalue weighted by Gasteiger charge is 2.16. The Morgan fingerprint density at radius 1 is 1.53 bits per heavy atom. The van der Waals surface area contributed by atoms with E-state index >= 15 is 0 Å². The molecule has 1 aromatic carbocycles. The Balaban J connectivity index is 2.18. The third-order valence-electron chi connectivity index (χ3n) is 2.57. The van der Waals surface area contributed by atoms with Gasteiger partial charge in [0.1, 0.15) is 5.82 Å². The molecule has 0 saturated heterocycles. The lowest BCUT2D eigenvalue weighted by molar-refractivity contribution is 0.353. The van der Waals surface area contributed by atoms with Gasteiger partial charge in [-0.25, -0.2) is 4.39 Å². The normalized spacial score (nSPS) is 12.6. The second kappa shape index (κ2) is 6.36. The lowest BCUT2D eigenvalue weighted by Crippen LogP contribution is -2.11. The van der Waals surface area contributed by atoms with Gasteiger partial charge < -0.3 is 10.3 Å². The first kappa shape index (κ1) is 14.3. The maximum absolute atomic E-state index is 13.1. The van der Waals surface area contributed by atoms with Crippen molar-refractivity contribution in [1.29, 1.82) is 0 Å². The SMILES string of the molecule is CSCC[C@H](N)c1nc(-c2ccc(F)c(Cl)c2)no1. The van der Waals surface area contributed by atoms with Crippen LogP contribution in [0.5, 0.6) is 0 Å². The molecule has 0 bridgehead atoms. The summed E-state index contributed by atoms with van der Waals surface area (Å²) in [5.74, 6) is 1.17. The van der Waals surface area contributed by atoms with Gasteiger partial charge in [0, 0.05) is 5.56 Å². The Bertz CT molecular complexity index is 564. The van der Waals surface area contributed by atoms with E-state index in [0.717, 1.165) is 12.2 Å². The van der Waals surface area contributed by atoms with Crippen molar-refractivity contribution in [3.05, 3.63) is 34.9 Å². The molecule has 0 spiro atoms. The number of benzene rings is 1. The lowest BCUT2D eigenvalue weighted by atomic mass is 10.2. The lowest BCUT2D eigenvalue weighted by Gasteiger charge is -2.03. The predicted octanol–water partition coefficient (Wildman–Crippen LogP) is 3.28. The van der Waals surface area contributed by atoms with E-state index in [2.05, 4.69) is 10.1 Å². The first-order chi connectivity index (χ1) is 9.11. The molecule has 2 rings (SSSR count). The summed E-state index contributed by atoms with van der Waals surface area (Å²) in [6.07, 6.45) is 2.76. The molecular weight excluding hydrogens is 289 g/mol. The van der Waals surface area contributed by atoms with Crippen LogP contribution in [0.25, 0.3) is 11.4 Å². The van der Waals surface area contributed by atoms with E-state index in [1.54, 1.807) is 17.8 Å². The molecule has 0 aliphatic rings. The Morgan fingerprint density at radius 2 is 2.32 bits per heavy atom. The average molecular weight is 302 g/mol. The maximum atomic E-state index is 13.1. The Kier molecular flexibility index (Phi) is 4.79. The van der Waals surface area contributed by atoms with Crippen molar-refractivity contribution in [2.75, 3.05) is 12.0 Å². The third-order valence-corrected chi connectivity index (χ3v) is 3.50. The zero-order chi connectivity index (χ0) is 13.8. The summed E-state index contributed by atoms with van der Waals surface area (Å²) in [5, 5.41) is 3.86. The molecule has 0 unspecified atom stereocenters. The van der Waals surface area contributed by atoms with Gasteiger partial charge in [-0.15, -0.1) is 0 Å². The van der Waals surface area contributed by atoms with Crippen LogP contribution in [0.15, 0.2) is 22.7 Å². The minimum atomic E-state index is -0.481. The van der Waals surface area contributed by atoms with Crippen molar-refractivity contribution in [3.8, 4) is 11.4 Å². The van der Waals surface area contributed by atoms with E-state index in [-0.39, 0.29) is 11.1 Å². The molecule has 0 saturated carbocycles. The van der Waals surface area contributed by atoms with Crippen molar-refractivity contribution in [3.63, 3.8) is 0 Å². The molecule has 1 aromatic heterocycles. The van der Waals surface area contributed by atoms with Gasteiger partial charge in [-0.1, -0.05) is 16.8 Å². The summed E-state index contributed by atoms with van der Waals surface area (Å²) >= 11 is 7.42. The number of halogens is 2. The number of rotatable bonds is 5. The van der Waals surface area contributed by atoms with Crippen LogP contribution in [0.4, 0.5) is 4.39 Å². The predicted molar refractivity (Wildman–Crippen MR) is 74.6 cm³/mol. The van der Waals surface area contributed by atoms with Crippen LogP contribution >= 0.6 is 23.4 Å². The van der Waals surface area contributed by atoms with E-state index in [4.69, 9.17) is 21.9 Å². The molecule has 0 aliphatic carbocycles. The molecule has 19 heavy (non-hydrogen) atoms. The highest BCUT2D eigenvalue weighted by molar-refractivity contribution is 7.98. The van der Waals surface area contributed by atoms with Gasteiger partial charge in [0.2, 0.25) is 11.7 Å². The number of nitrogens with two attached hydrogens (primary N) is 1. The molecule has 4 nitrogen and oxygen atoms in total. The van der Waals surface area contributed by atoms with Gasteiger partial charge in [0.05, 0.1) is 11.1 Å². The fourth-order valence-corrected chi connectivity index (χ4v) is 2.18. The standard InChI is InChI=1S/C12H13ClFN3OS/c1-19-5-4-10(15)12-16-11(17-18-12)7-2-3-9(14)8(13)6-7/h2-3,6,10H,4-5,15H2,1H3/t10-/m0/s1. The van der Waals surface area contributed by atoms with Gasteiger partial charge in [0.25, 0.3) is 0 Å². The van der Waals surface area contributed by atoms with Gasteiger partial charge in [0.15, 0.2) is 0 Å². The van der Waals surface area contributed by atoms with Crippen LogP contribution in [0.3, 0.4) is 0 Å². The monoisotopic (exact) mass is 301 g/mol. The average Bonchev–Trinajstić information content (AvgIpc) is 2.89. The van der Waals surface area contributed by atoms with Crippen molar-refractivity contribution in [2.45, 2.75) is 12.5 Å². The number of nitrogens with zero attached hydrogens (tertiary/aromatic N) is 2. The summed E-state index contributed by atoms with van der Waals surface area (Å²) in [5.41, 5.74) is 6.53. The number of hydrogen-bond acceptors (Lipinski definition) is 5. The van der Waals surface area contributed by atoms with Crippen LogP contribution in [0.2, 0.25) is 5.02 Å². The van der Waals surface area contributed by atoms with Crippen molar-refractivity contribution in [2.24, 2.45) is 5.73 Å². The molecule has 0 fully saturated rings. The fraction of sp³-hybridized carbons (Fsp3) is 0.333. The zero-order valence-electron chi connectivity index (χ0n) is 10.3. The molecule has 1 heterocycles. The molecule has 1 atom stereocenters. The molecule has 102 valence electrons. The maximum Gasteiger partial charge on any atom is 0.243 e. The molecular formula is C12H13ClFN3OS. The minimum Gasteiger partial charge on any atom is -0.337 e. The highest BCUT2D eigenvalue weighted by Crippen LogP contribution is 2.24. The molecule has 2 aromatic rings. The van der Waals surface area contributed by atoms with Crippen LogP contribution < -0.4 is 5.73 Å². The third kappa shape index (κ3) is 3.46. The smallest absolute Gasteiger partial charge is 0.243 e. The van der Waals surface area contributed by atoms with E-state index in [1.807, 2.05) is 6.26 Å². The largest absolute Gasteiger partial charge is 0.337 e. The van der Waals surface area contributed by atoms with Gasteiger partial charge in [-0.05, 0) is 36.6 Å². The van der Waals surface area contributed by atoms with Crippen molar-refractivity contribution in [1.82, 2.24) is 10.1 Å². The molecule has 2 N–H and O–H groups in total. The first-order valence-electron chi connectivity index (χ1n) is 5.65. The summed E-state index contributed by atoms with van der Waals surface area (Å²) in [4.78, 5) is 4.21. The second-order valence-corrected chi connectivity index (χ2v) is 5.37. The minimum absolute atomic E-state index is 0.0236. The van der Waals surface area contributed by atoms with Crippen LogP contribution in [0, 0.1) is 5.82 Å². The fourth-order valence-electron chi connectivity index (χ4n) is 1.51. The number of aromatic nitrogens is 2. The number of hydrogen-bond donors (Lipinski definition) is 1. The van der Waals surface area contributed by atoms with Crippen LogP contribution in [-0.4, -0.2) is 22.1 Å². The van der Waals surface area contributed by atoms with Crippen LogP contribution in [-0.2, 0) is 0 Å². The summed E-state index contributed by atoms with van der Waals surface area (Å²) in [6, 6.07) is 3.98. The highest BCUT2D eigenvalue weighted by atomic mass is 35.5. The van der Waals surface area contributed by atoms with Crippen molar-refractivity contribution >= 4 is 23.4 Å². The summed E-state index contributed by atoms with van der Waals surface area (Å²) < 4.78 is 18.2. The molecule has 0 radical (unpaired) electrons. The van der Waals surface area contributed by atoms with Gasteiger partial charge in [-0.3, -0.25) is 0 Å². The Morgan fingerprint density at radius 3 is 3.00 bits per heavy atom. The topological polar surface area (TPSA) is 64.9 Å². The number of thioether (sulfide) groups is 1. The first-order valence-corrected chi connectivity index (χ1v) is 7.42. The Labute approximate surface area is 119 Å². The van der Waals surface area contributed by atoms with Crippen LogP contribution in [0.1, 0.15) is 18.4 Å². The summed E-state index contributed by atoms with van der Waals surface area (Å²) in [7, 11) is 0. The van der Waals surface area contributed by atoms with E-state index in [0.29, 0.717) is 17.3 Å². The van der Waals surface area contributed by atoms with E-state index < -0.39 is 5.82 Å². The molecule has 0 aliphatic heterocycles. The molecule has 7 heteroatoms. The second-order valence-electron chi connectivity index (χ2n) is 3.97. The summed E-state index contributed by atoms with van der Waals surface area (Å²) in [6.45, 7) is 0. The quantitative estimate of drug-likeness (QED) is 0.918. The van der Waals surface area contributed by atoms with E-state index in [9.17, 15) is 4.39 Å². The zero-order valence-corrected chi connectivity index (χ0v) is 11.8. The van der Waals surface area contributed by atoms with Crippen molar-refractivity contribution < 1.29 is 8.91 Å². The van der Waals surface area contributed by atoms with Gasteiger partial charge >= 0.3 is 0 Å². The van der Waals surface area contributed by atoms with Gasteiger partial charge in [-0.2, -0.15) is 16.7 Å². The molecule has 0 amide bonds. The Hall–Kier alpha value is -1.11.